The van der Waals surface area contributed by atoms with Crippen molar-refractivity contribution in [2.45, 2.75) is 13.3 Å². The lowest BCUT2D eigenvalue weighted by molar-refractivity contribution is -0.156. The van der Waals surface area contributed by atoms with Gasteiger partial charge in [0.1, 0.15) is 17.1 Å². The fourth-order valence-corrected chi connectivity index (χ4v) is 1.60. The molecule has 0 spiro atoms. The maximum Gasteiger partial charge on any atom is 0.375 e. The van der Waals surface area contributed by atoms with Gasteiger partial charge in [-0.2, -0.15) is 5.26 Å². The van der Waals surface area contributed by atoms with E-state index in [1.54, 1.807) is 6.07 Å². The number of carbonyl (C=O) groups excluding carboxylic acids is 3. The second-order valence-corrected chi connectivity index (χ2v) is 4.19. The first-order valence-corrected chi connectivity index (χ1v) is 6.12. The van der Waals surface area contributed by atoms with E-state index in [0.717, 1.165) is 0 Å². The van der Waals surface area contributed by atoms with Gasteiger partial charge in [0, 0.05) is 6.20 Å². The molecule has 104 valence electrons. The third kappa shape index (κ3) is 4.14. The molecule has 0 unspecified atom stereocenters. The number of rotatable bonds is 6. The molecule has 0 saturated carbocycles. The Kier molecular flexibility index (Phi) is 5.81. The Balaban J connectivity index is 2.93. The van der Waals surface area contributed by atoms with Crippen molar-refractivity contribution in [3.63, 3.8) is 0 Å². The number of esters is 1. The monoisotopic (exact) mass is 294 g/mol. The summed E-state index contributed by atoms with van der Waals surface area (Å²) in [5, 5.41) is 8.91. The number of ether oxygens (including phenoxy) is 1. The molecule has 0 aliphatic heterocycles. The van der Waals surface area contributed by atoms with Gasteiger partial charge in [-0.1, -0.05) is 17.7 Å². The third-order valence-electron chi connectivity index (χ3n) is 2.45. The molecule has 0 N–H and O–H groups in total. The number of aromatic nitrogens is 1. The highest BCUT2D eigenvalue weighted by molar-refractivity contribution is 6.39. The summed E-state index contributed by atoms with van der Waals surface area (Å²) < 4.78 is 4.55. The van der Waals surface area contributed by atoms with E-state index >= 15 is 0 Å². The first-order valence-electron chi connectivity index (χ1n) is 5.75. The average Bonchev–Trinajstić information content (AvgIpc) is 2.45. The molecular weight excluding hydrogens is 284 g/mol. The van der Waals surface area contributed by atoms with Crippen LogP contribution in [0.15, 0.2) is 18.3 Å². The lowest BCUT2D eigenvalue weighted by Gasteiger charge is -2.10. The number of pyridine rings is 1. The molecule has 6 nitrogen and oxygen atoms in total. The van der Waals surface area contributed by atoms with Crippen molar-refractivity contribution in [2.24, 2.45) is 5.92 Å². The largest absolute Gasteiger partial charge is 0.460 e. The van der Waals surface area contributed by atoms with Crippen LogP contribution in [0, 0.1) is 17.2 Å². The number of ketones is 2. The average molecular weight is 295 g/mol. The minimum atomic E-state index is -1.39. The third-order valence-corrected chi connectivity index (χ3v) is 2.67. The van der Waals surface area contributed by atoms with Crippen LogP contribution >= 0.6 is 11.6 Å². The second kappa shape index (κ2) is 7.36. The normalized spacial score (nSPS) is 11.2. The fraction of sp³-hybridized carbons (Fsp3) is 0.308. The standard InChI is InChI=1S/C13H11ClN2O4/c1-2-20-13(19)12(18)9(10(17)6-15)5-8-3-4-11(14)16-7-8/h3-4,7,9H,2,5H2,1H3/t9-/m0/s1. The van der Waals surface area contributed by atoms with Crippen LogP contribution in [0.3, 0.4) is 0 Å². The molecule has 1 aromatic rings. The number of Topliss-reactive ketones (excluding diaryl/α,β-unsaturated/α-hetero) is 2. The van der Waals surface area contributed by atoms with Crippen molar-refractivity contribution in [3.8, 4) is 6.07 Å². The molecule has 0 bridgehead atoms. The number of hydrogen-bond donors (Lipinski definition) is 0. The molecule has 0 saturated heterocycles. The minimum Gasteiger partial charge on any atom is -0.460 e. The second-order valence-electron chi connectivity index (χ2n) is 3.81. The highest BCUT2D eigenvalue weighted by atomic mass is 35.5. The Hall–Kier alpha value is -2.26. The maximum absolute atomic E-state index is 11.8. The summed E-state index contributed by atoms with van der Waals surface area (Å²) >= 11 is 5.62. The van der Waals surface area contributed by atoms with Gasteiger partial charge in [0.25, 0.3) is 5.78 Å². The summed E-state index contributed by atoms with van der Waals surface area (Å²) in [7, 11) is 0. The smallest absolute Gasteiger partial charge is 0.375 e. The molecule has 20 heavy (non-hydrogen) atoms. The summed E-state index contributed by atoms with van der Waals surface area (Å²) in [4.78, 5) is 38.5. The van der Waals surface area contributed by atoms with Gasteiger partial charge in [-0.25, -0.2) is 9.78 Å². The Bertz CT molecular complexity index is 563. The Morgan fingerprint density at radius 1 is 1.45 bits per heavy atom. The number of hydrogen-bond acceptors (Lipinski definition) is 6. The Labute approximate surface area is 120 Å². The van der Waals surface area contributed by atoms with Gasteiger partial charge in [0.15, 0.2) is 0 Å². The van der Waals surface area contributed by atoms with Gasteiger partial charge in [-0.05, 0) is 25.0 Å². The summed E-state index contributed by atoms with van der Waals surface area (Å²) in [5.74, 6) is -4.53. The maximum atomic E-state index is 11.8. The summed E-state index contributed by atoms with van der Waals surface area (Å²) in [6, 6.07) is 4.41. The van der Waals surface area contributed by atoms with Crippen molar-refractivity contribution in [1.82, 2.24) is 4.98 Å². The summed E-state index contributed by atoms with van der Waals surface area (Å²) in [6.45, 7) is 1.55. The predicted molar refractivity (Wildman–Crippen MR) is 68.7 cm³/mol. The van der Waals surface area contributed by atoms with Crippen molar-refractivity contribution in [2.75, 3.05) is 6.61 Å². The van der Waals surface area contributed by atoms with E-state index in [-0.39, 0.29) is 18.2 Å². The molecule has 1 rings (SSSR count). The van der Waals surface area contributed by atoms with Crippen molar-refractivity contribution < 1.29 is 19.1 Å². The summed E-state index contributed by atoms with van der Waals surface area (Å²) in [6.07, 6.45) is 1.27. The van der Waals surface area contributed by atoms with Crippen molar-refractivity contribution in [3.05, 3.63) is 29.0 Å². The highest BCUT2D eigenvalue weighted by Crippen LogP contribution is 2.13. The zero-order valence-corrected chi connectivity index (χ0v) is 11.4. The van der Waals surface area contributed by atoms with E-state index < -0.39 is 23.5 Å². The van der Waals surface area contributed by atoms with Gasteiger partial charge < -0.3 is 4.74 Å². The molecular formula is C13H11ClN2O4. The van der Waals surface area contributed by atoms with Crippen LogP contribution < -0.4 is 0 Å². The fourth-order valence-electron chi connectivity index (χ4n) is 1.49. The first kappa shape index (κ1) is 15.8. The van der Waals surface area contributed by atoms with Gasteiger partial charge in [-0.3, -0.25) is 9.59 Å². The number of nitrogens with zero attached hydrogens (tertiary/aromatic N) is 2. The quantitative estimate of drug-likeness (QED) is 0.256. The molecule has 7 heteroatoms. The van der Waals surface area contributed by atoms with E-state index in [0.29, 0.717) is 5.56 Å². The van der Waals surface area contributed by atoms with E-state index in [2.05, 4.69) is 9.72 Å². The molecule has 0 aliphatic rings. The van der Waals surface area contributed by atoms with Crippen LogP contribution in [-0.2, 0) is 25.5 Å². The van der Waals surface area contributed by atoms with Gasteiger partial charge in [0.2, 0.25) is 5.78 Å². The minimum absolute atomic E-state index is 0.0144. The molecule has 1 aromatic heterocycles. The number of nitriles is 1. The molecule has 1 atom stereocenters. The Morgan fingerprint density at radius 2 is 2.15 bits per heavy atom. The zero-order valence-electron chi connectivity index (χ0n) is 10.6. The molecule has 0 aliphatic carbocycles. The lowest BCUT2D eigenvalue weighted by atomic mass is 9.92. The zero-order chi connectivity index (χ0) is 15.1. The number of halogens is 1. The molecule has 0 radical (unpaired) electrons. The van der Waals surface area contributed by atoms with E-state index in [4.69, 9.17) is 16.9 Å². The molecule has 0 aromatic carbocycles. The van der Waals surface area contributed by atoms with E-state index in [9.17, 15) is 14.4 Å². The number of carbonyl (C=O) groups is 3. The van der Waals surface area contributed by atoms with Gasteiger partial charge in [0.05, 0.1) is 6.61 Å². The van der Waals surface area contributed by atoms with Crippen LogP contribution in [0.25, 0.3) is 0 Å². The molecule has 0 fully saturated rings. The van der Waals surface area contributed by atoms with Crippen LogP contribution in [0.4, 0.5) is 0 Å². The molecule has 0 amide bonds. The predicted octanol–water partition coefficient (Wildman–Crippen LogP) is 1.12. The van der Waals surface area contributed by atoms with Crippen LogP contribution in [0.2, 0.25) is 5.15 Å². The van der Waals surface area contributed by atoms with Crippen LogP contribution in [0.1, 0.15) is 12.5 Å². The highest BCUT2D eigenvalue weighted by Gasteiger charge is 2.32. The first-order chi connectivity index (χ1) is 9.49. The SMILES string of the molecule is CCOC(=O)C(=O)[C@@H](Cc1ccc(Cl)nc1)C(=O)C#N. The van der Waals surface area contributed by atoms with Crippen LogP contribution in [0.5, 0.6) is 0 Å². The van der Waals surface area contributed by atoms with Crippen molar-refractivity contribution in [1.29, 1.82) is 5.26 Å². The molecule has 1 heterocycles. The Morgan fingerprint density at radius 3 is 2.65 bits per heavy atom. The van der Waals surface area contributed by atoms with E-state index in [1.165, 1.54) is 25.3 Å². The lowest BCUT2D eigenvalue weighted by Crippen LogP contribution is -2.32. The van der Waals surface area contributed by atoms with E-state index in [1.807, 2.05) is 0 Å². The van der Waals surface area contributed by atoms with Gasteiger partial charge in [-0.15, -0.1) is 0 Å². The topological polar surface area (TPSA) is 97.1 Å². The van der Waals surface area contributed by atoms with Gasteiger partial charge >= 0.3 is 5.97 Å². The van der Waals surface area contributed by atoms with Crippen molar-refractivity contribution >= 4 is 29.1 Å². The summed E-state index contributed by atoms with van der Waals surface area (Å²) in [5.41, 5.74) is 0.514. The van der Waals surface area contributed by atoms with Crippen LogP contribution in [-0.4, -0.2) is 29.1 Å².